The molecule has 22 heavy (non-hydrogen) atoms. The number of nitrogens with one attached hydrogen (secondary N) is 1. The molecular formula is C15H15ClN4OS. The van der Waals surface area contributed by atoms with Crippen LogP contribution in [0.15, 0.2) is 41.7 Å². The average molecular weight is 335 g/mol. The molecule has 1 atom stereocenters. The maximum Gasteiger partial charge on any atom is 0.323 e. The molecule has 114 valence electrons. The van der Waals surface area contributed by atoms with Crippen molar-refractivity contribution in [3.05, 3.63) is 47.1 Å². The lowest BCUT2D eigenvalue weighted by Gasteiger charge is -2.18. The van der Waals surface area contributed by atoms with Crippen LogP contribution < -0.4 is 4.90 Å². The molecule has 1 aromatic carbocycles. The van der Waals surface area contributed by atoms with Crippen molar-refractivity contribution in [3.8, 4) is 0 Å². The molecule has 3 rings (SSSR count). The van der Waals surface area contributed by atoms with Crippen LogP contribution in [0.2, 0.25) is 5.02 Å². The van der Waals surface area contributed by atoms with Gasteiger partial charge in [-0.05, 0) is 24.3 Å². The number of benzene rings is 1. The van der Waals surface area contributed by atoms with Crippen LogP contribution in [0.5, 0.6) is 0 Å². The van der Waals surface area contributed by atoms with Crippen molar-refractivity contribution in [1.82, 2.24) is 15.0 Å². The van der Waals surface area contributed by atoms with Gasteiger partial charge in [0.25, 0.3) is 0 Å². The predicted octanol–water partition coefficient (Wildman–Crippen LogP) is 2.99. The lowest BCUT2D eigenvalue weighted by atomic mass is 10.2. The lowest BCUT2D eigenvalue weighted by molar-refractivity contribution is 0.587. The molecule has 0 amide bonds. The van der Waals surface area contributed by atoms with Crippen LogP contribution >= 0.6 is 11.6 Å². The van der Waals surface area contributed by atoms with E-state index >= 15 is 0 Å². The molecule has 0 radical (unpaired) electrons. The van der Waals surface area contributed by atoms with Gasteiger partial charge in [0.05, 0.1) is 5.52 Å². The molecule has 1 unspecified atom stereocenters. The minimum absolute atomic E-state index is 0.366. The molecule has 0 aliphatic rings. The third kappa shape index (κ3) is 3.04. The second kappa shape index (κ2) is 6.16. The highest BCUT2D eigenvalue weighted by Gasteiger charge is 2.20. The monoisotopic (exact) mass is 334 g/mol. The maximum atomic E-state index is 12.6. The van der Waals surface area contributed by atoms with E-state index in [2.05, 4.69) is 15.0 Å². The molecule has 0 saturated heterocycles. The van der Waals surface area contributed by atoms with Gasteiger partial charge in [-0.2, -0.15) is 4.98 Å². The molecule has 0 saturated carbocycles. The number of pyridine rings is 1. The summed E-state index contributed by atoms with van der Waals surface area (Å²) in [5.41, 5.74) is 3.28. The minimum Gasteiger partial charge on any atom is -0.609 e. The van der Waals surface area contributed by atoms with E-state index in [1.807, 2.05) is 43.3 Å². The second-order valence-electron chi connectivity index (χ2n) is 5.07. The number of H-pyrrole nitrogens is 1. The van der Waals surface area contributed by atoms with Gasteiger partial charge in [-0.15, -0.1) is 0 Å². The summed E-state index contributed by atoms with van der Waals surface area (Å²) in [5, 5.41) is 1.10. The van der Waals surface area contributed by atoms with Gasteiger partial charge in [-0.25, -0.2) is 4.98 Å². The number of imidazole rings is 1. The zero-order valence-corrected chi connectivity index (χ0v) is 13.8. The van der Waals surface area contributed by atoms with Gasteiger partial charge in [0.15, 0.2) is 5.65 Å². The van der Waals surface area contributed by atoms with E-state index in [9.17, 15) is 4.55 Å². The minimum atomic E-state index is -1.28. The smallest absolute Gasteiger partial charge is 0.323 e. The summed E-state index contributed by atoms with van der Waals surface area (Å²) in [6.45, 7) is 0. The summed E-state index contributed by atoms with van der Waals surface area (Å²) in [7, 11) is 3.87. The summed E-state index contributed by atoms with van der Waals surface area (Å²) >= 11 is 4.76. The van der Waals surface area contributed by atoms with E-state index in [0.29, 0.717) is 21.6 Å². The second-order valence-corrected chi connectivity index (χ2v) is 6.88. The van der Waals surface area contributed by atoms with Crippen molar-refractivity contribution in [3.63, 3.8) is 0 Å². The molecule has 1 N–H and O–H groups in total. The van der Waals surface area contributed by atoms with Crippen molar-refractivity contribution in [2.24, 2.45) is 0 Å². The van der Waals surface area contributed by atoms with Crippen LogP contribution in [0.3, 0.4) is 0 Å². The quantitative estimate of drug-likeness (QED) is 0.745. The molecule has 0 spiro atoms. The Kier molecular flexibility index (Phi) is 4.24. The number of fused-ring (bicyclic) bond motifs is 1. The Balaban J connectivity index is 1.89. The van der Waals surface area contributed by atoms with Gasteiger partial charge in [-0.3, -0.25) is 4.98 Å². The van der Waals surface area contributed by atoms with E-state index < -0.39 is 11.2 Å². The van der Waals surface area contributed by atoms with Crippen LogP contribution in [0.25, 0.3) is 11.2 Å². The first kappa shape index (κ1) is 15.1. The van der Waals surface area contributed by atoms with Gasteiger partial charge in [0.1, 0.15) is 5.75 Å². The standard InChI is InChI=1S/C15H15ClN4OS/c1-20(2)13-8-11(16)6-5-10(13)9-22(21)15-18-12-4-3-7-17-14(12)19-15/h3-8H,9H2,1-2H3,(H,17,18,19). The van der Waals surface area contributed by atoms with Crippen LogP contribution in [-0.2, 0) is 16.9 Å². The van der Waals surface area contributed by atoms with Crippen molar-refractivity contribution < 1.29 is 4.55 Å². The van der Waals surface area contributed by atoms with Crippen molar-refractivity contribution >= 4 is 39.6 Å². The SMILES string of the molecule is CN(C)c1cc(Cl)ccc1C[S+]([O-])c1nc2ncccc2[nH]1. The Morgan fingerprint density at radius 1 is 1.32 bits per heavy atom. The first-order valence-electron chi connectivity index (χ1n) is 6.69. The number of hydrogen-bond acceptors (Lipinski definition) is 4. The molecule has 0 bridgehead atoms. The van der Waals surface area contributed by atoms with E-state index in [1.54, 1.807) is 12.3 Å². The highest BCUT2D eigenvalue weighted by Crippen LogP contribution is 2.27. The van der Waals surface area contributed by atoms with Crippen molar-refractivity contribution in [1.29, 1.82) is 0 Å². The van der Waals surface area contributed by atoms with Gasteiger partial charge in [0.2, 0.25) is 0 Å². The summed E-state index contributed by atoms with van der Waals surface area (Å²) in [4.78, 5) is 13.5. The molecule has 2 heterocycles. The number of halogens is 1. The molecule has 0 aliphatic carbocycles. The Bertz CT molecular complexity index is 772. The zero-order chi connectivity index (χ0) is 15.7. The fourth-order valence-corrected chi connectivity index (χ4v) is 3.46. The van der Waals surface area contributed by atoms with Crippen LogP contribution in [-0.4, -0.2) is 33.6 Å². The Morgan fingerprint density at radius 2 is 2.14 bits per heavy atom. The number of hydrogen-bond donors (Lipinski definition) is 1. The Morgan fingerprint density at radius 3 is 2.86 bits per heavy atom. The normalized spacial score (nSPS) is 12.5. The molecule has 2 aromatic heterocycles. The summed E-state index contributed by atoms with van der Waals surface area (Å²) in [5.74, 6) is 0.366. The first-order valence-corrected chi connectivity index (χ1v) is 8.39. The summed E-state index contributed by atoms with van der Waals surface area (Å²) < 4.78 is 12.6. The van der Waals surface area contributed by atoms with E-state index in [1.165, 1.54) is 0 Å². The lowest BCUT2D eigenvalue weighted by Crippen LogP contribution is -2.14. The van der Waals surface area contributed by atoms with Crippen molar-refractivity contribution in [2.45, 2.75) is 10.9 Å². The third-order valence-electron chi connectivity index (χ3n) is 3.27. The first-order chi connectivity index (χ1) is 10.5. The number of anilines is 1. The fourth-order valence-electron chi connectivity index (χ4n) is 2.22. The highest BCUT2D eigenvalue weighted by molar-refractivity contribution is 7.90. The van der Waals surface area contributed by atoms with Crippen molar-refractivity contribution in [2.75, 3.05) is 19.0 Å². The number of aromatic nitrogens is 3. The van der Waals surface area contributed by atoms with Gasteiger partial charge in [-0.1, -0.05) is 17.7 Å². The largest absolute Gasteiger partial charge is 0.609 e. The van der Waals surface area contributed by atoms with Crippen LogP contribution in [0, 0.1) is 0 Å². The van der Waals surface area contributed by atoms with Crippen LogP contribution in [0.4, 0.5) is 5.69 Å². The van der Waals surface area contributed by atoms with Crippen LogP contribution in [0.1, 0.15) is 5.56 Å². The molecule has 7 heteroatoms. The van der Waals surface area contributed by atoms with E-state index in [-0.39, 0.29) is 0 Å². The number of nitrogens with zero attached hydrogens (tertiary/aromatic N) is 3. The number of aromatic amines is 1. The van der Waals surface area contributed by atoms with Gasteiger partial charge < -0.3 is 9.45 Å². The Labute approximate surface area is 136 Å². The third-order valence-corrected chi connectivity index (χ3v) is 4.70. The Hall–Kier alpha value is -1.76. The van der Waals surface area contributed by atoms with E-state index in [4.69, 9.17) is 11.6 Å². The maximum absolute atomic E-state index is 12.6. The zero-order valence-electron chi connectivity index (χ0n) is 12.2. The molecule has 0 fully saturated rings. The fraction of sp³-hybridized carbons (Fsp3) is 0.200. The molecule has 0 aliphatic heterocycles. The molecular weight excluding hydrogens is 320 g/mol. The summed E-state index contributed by atoms with van der Waals surface area (Å²) in [6.07, 6.45) is 1.67. The molecule has 3 aromatic rings. The number of rotatable bonds is 4. The summed E-state index contributed by atoms with van der Waals surface area (Å²) in [6, 6.07) is 9.26. The predicted molar refractivity (Wildman–Crippen MR) is 89.8 cm³/mol. The van der Waals surface area contributed by atoms with Gasteiger partial charge >= 0.3 is 5.16 Å². The van der Waals surface area contributed by atoms with Gasteiger partial charge in [0, 0.05) is 47.7 Å². The molecule has 5 nitrogen and oxygen atoms in total. The highest BCUT2D eigenvalue weighted by atomic mass is 35.5. The van der Waals surface area contributed by atoms with E-state index in [0.717, 1.165) is 16.8 Å². The average Bonchev–Trinajstić information content (AvgIpc) is 2.93. The topological polar surface area (TPSA) is 67.9 Å².